The molecule has 1 heterocycles. The van der Waals surface area contributed by atoms with Crippen LogP contribution in [0.2, 0.25) is 5.02 Å². The smallest absolute Gasteiger partial charge is 0.274 e. The predicted molar refractivity (Wildman–Crippen MR) is 75.1 cm³/mol. The van der Waals surface area contributed by atoms with Crippen LogP contribution in [0.1, 0.15) is 23.1 Å². The molecule has 6 nitrogen and oxygen atoms in total. The van der Waals surface area contributed by atoms with Crippen LogP contribution in [0.25, 0.3) is 5.69 Å². The van der Waals surface area contributed by atoms with Gasteiger partial charge in [0.05, 0.1) is 18.0 Å². The van der Waals surface area contributed by atoms with Crippen LogP contribution in [-0.2, 0) is 0 Å². The molecule has 20 heavy (non-hydrogen) atoms. The highest BCUT2D eigenvalue weighted by atomic mass is 35.5. The lowest BCUT2D eigenvalue weighted by Crippen LogP contribution is -2.35. The quantitative estimate of drug-likeness (QED) is 0.892. The maximum absolute atomic E-state index is 12.0. The van der Waals surface area contributed by atoms with Gasteiger partial charge in [-0.2, -0.15) is 9.90 Å². The molecule has 106 valence electrons. The van der Waals surface area contributed by atoms with Crippen LogP contribution in [0.3, 0.4) is 0 Å². The lowest BCUT2D eigenvalue weighted by molar-refractivity contribution is 0.0916. The average molecular weight is 295 g/mol. The van der Waals surface area contributed by atoms with Crippen molar-refractivity contribution in [2.24, 2.45) is 0 Å². The van der Waals surface area contributed by atoms with Crippen LogP contribution >= 0.6 is 11.6 Å². The number of aliphatic hydroxyl groups excluding tert-OH is 1. The molecule has 1 atom stereocenters. The summed E-state index contributed by atoms with van der Waals surface area (Å²) < 4.78 is 0. The number of amides is 1. The molecule has 1 unspecified atom stereocenters. The number of rotatable bonds is 4. The molecule has 1 aromatic carbocycles. The summed E-state index contributed by atoms with van der Waals surface area (Å²) in [6.07, 6.45) is 0. The van der Waals surface area contributed by atoms with Gasteiger partial charge >= 0.3 is 0 Å². The number of aryl methyl sites for hydroxylation is 1. The minimum Gasteiger partial charge on any atom is -0.394 e. The summed E-state index contributed by atoms with van der Waals surface area (Å²) in [7, 11) is 0. The number of halogens is 1. The zero-order valence-corrected chi connectivity index (χ0v) is 11.9. The maximum atomic E-state index is 12.0. The molecule has 0 aliphatic carbocycles. The van der Waals surface area contributed by atoms with Crippen LogP contribution in [0, 0.1) is 6.92 Å². The molecule has 2 aromatic rings. The van der Waals surface area contributed by atoms with Crippen LogP contribution in [0.4, 0.5) is 0 Å². The number of carbonyl (C=O) groups excluding carboxylic acids is 1. The van der Waals surface area contributed by atoms with Crippen LogP contribution in [-0.4, -0.2) is 38.7 Å². The molecule has 0 saturated heterocycles. The highest BCUT2D eigenvalue weighted by molar-refractivity contribution is 6.30. The summed E-state index contributed by atoms with van der Waals surface area (Å²) in [4.78, 5) is 13.3. The van der Waals surface area contributed by atoms with Gasteiger partial charge in [0.25, 0.3) is 5.91 Å². The Bertz CT molecular complexity index is 627. The van der Waals surface area contributed by atoms with Crippen molar-refractivity contribution in [1.29, 1.82) is 0 Å². The van der Waals surface area contributed by atoms with Crippen molar-refractivity contribution in [2.75, 3.05) is 6.61 Å². The maximum Gasteiger partial charge on any atom is 0.274 e. The molecule has 2 rings (SSSR count). The Balaban J connectivity index is 2.28. The number of carbonyl (C=O) groups is 1. The number of hydrogen-bond acceptors (Lipinski definition) is 4. The number of benzene rings is 1. The highest BCUT2D eigenvalue weighted by Crippen LogP contribution is 2.14. The van der Waals surface area contributed by atoms with Gasteiger partial charge in [0, 0.05) is 11.1 Å². The van der Waals surface area contributed by atoms with Gasteiger partial charge in [-0.3, -0.25) is 4.79 Å². The van der Waals surface area contributed by atoms with E-state index in [2.05, 4.69) is 15.5 Å². The zero-order chi connectivity index (χ0) is 14.7. The van der Waals surface area contributed by atoms with Crippen molar-refractivity contribution in [3.8, 4) is 5.69 Å². The second-order valence-electron chi connectivity index (χ2n) is 4.46. The molecular weight excluding hydrogens is 280 g/mol. The van der Waals surface area contributed by atoms with E-state index in [4.69, 9.17) is 16.7 Å². The first kappa shape index (κ1) is 14.5. The number of nitrogens with zero attached hydrogens (tertiary/aromatic N) is 3. The van der Waals surface area contributed by atoms with Crippen LogP contribution in [0.5, 0.6) is 0 Å². The Labute approximate surface area is 121 Å². The first-order chi connectivity index (χ1) is 9.51. The van der Waals surface area contributed by atoms with E-state index in [9.17, 15) is 4.79 Å². The molecule has 2 N–H and O–H groups in total. The first-order valence-corrected chi connectivity index (χ1v) is 6.50. The Morgan fingerprint density at radius 1 is 1.50 bits per heavy atom. The summed E-state index contributed by atoms with van der Waals surface area (Å²) in [6.45, 7) is 3.27. The molecule has 0 bridgehead atoms. The van der Waals surface area contributed by atoms with Gasteiger partial charge < -0.3 is 10.4 Å². The van der Waals surface area contributed by atoms with Gasteiger partial charge in [-0.25, -0.2) is 0 Å². The van der Waals surface area contributed by atoms with Gasteiger partial charge in [0.2, 0.25) is 0 Å². The topological polar surface area (TPSA) is 80.0 Å². The third-order valence-electron chi connectivity index (χ3n) is 2.69. The van der Waals surface area contributed by atoms with Gasteiger partial charge in [-0.05, 0) is 32.0 Å². The summed E-state index contributed by atoms with van der Waals surface area (Å²) in [5.74, 6) is -0.364. The van der Waals surface area contributed by atoms with Gasteiger partial charge in [-0.15, -0.1) is 5.10 Å². The molecule has 1 aromatic heterocycles. The summed E-state index contributed by atoms with van der Waals surface area (Å²) in [5, 5.41) is 20.5. The third kappa shape index (κ3) is 3.15. The number of aromatic nitrogens is 3. The third-order valence-corrected chi connectivity index (χ3v) is 2.92. The van der Waals surface area contributed by atoms with E-state index in [1.165, 1.54) is 4.80 Å². The Kier molecular flexibility index (Phi) is 4.36. The minimum atomic E-state index is -0.364. The lowest BCUT2D eigenvalue weighted by atomic mass is 10.3. The van der Waals surface area contributed by atoms with E-state index >= 15 is 0 Å². The average Bonchev–Trinajstić information content (AvgIpc) is 2.80. The van der Waals surface area contributed by atoms with E-state index in [0.717, 1.165) is 0 Å². The minimum absolute atomic E-state index is 0.132. The molecule has 0 aliphatic rings. The zero-order valence-electron chi connectivity index (χ0n) is 11.2. The Hall–Kier alpha value is -1.92. The Morgan fingerprint density at radius 3 is 2.90 bits per heavy atom. The molecule has 1 amide bonds. The van der Waals surface area contributed by atoms with Crippen molar-refractivity contribution in [3.05, 3.63) is 40.7 Å². The van der Waals surface area contributed by atoms with E-state index in [-0.39, 0.29) is 24.2 Å². The molecule has 0 fully saturated rings. The lowest BCUT2D eigenvalue weighted by Gasteiger charge is -2.08. The molecule has 0 aliphatic heterocycles. The van der Waals surface area contributed by atoms with Gasteiger partial charge in [-0.1, -0.05) is 17.7 Å². The summed E-state index contributed by atoms with van der Waals surface area (Å²) >= 11 is 5.92. The van der Waals surface area contributed by atoms with Gasteiger partial charge in [0.1, 0.15) is 0 Å². The monoisotopic (exact) mass is 294 g/mol. The standard InChI is InChI=1S/C13H15ClN4O2/c1-8(7-19)15-13(20)12-9(2)16-18(17-12)11-5-3-4-10(14)6-11/h3-6,8,19H,7H2,1-2H3,(H,15,20). The second-order valence-corrected chi connectivity index (χ2v) is 4.90. The van der Waals surface area contributed by atoms with Crippen LogP contribution < -0.4 is 5.32 Å². The van der Waals surface area contributed by atoms with Crippen molar-refractivity contribution in [2.45, 2.75) is 19.9 Å². The number of aliphatic hydroxyl groups is 1. The predicted octanol–water partition coefficient (Wildman–Crippen LogP) is 1.34. The van der Waals surface area contributed by atoms with Crippen molar-refractivity contribution < 1.29 is 9.90 Å². The first-order valence-electron chi connectivity index (χ1n) is 6.13. The SMILES string of the molecule is Cc1nn(-c2cccc(Cl)c2)nc1C(=O)NC(C)CO. The van der Waals surface area contributed by atoms with Crippen molar-refractivity contribution in [3.63, 3.8) is 0 Å². The molecule has 0 spiro atoms. The highest BCUT2D eigenvalue weighted by Gasteiger charge is 2.17. The molecular formula is C13H15ClN4O2. The fourth-order valence-corrected chi connectivity index (χ4v) is 1.83. The summed E-state index contributed by atoms with van der Waals surface area (Å²) in [6, 6.07) is 6.70. The van der Waals surface area contributed by atoms with Crippen LogP contribution in [0.15, 0.2) is 24.3 Å². The second kappa shape index (κ2) is 6.02. The van der Waals surface area contributed by atoms with Crippen molar-refractivity contribution >= 4 is 17.5 Å². The Morgan fingerprint density at radius 2 is 2.25 bits per heavy atom. The van der Waals surface area contributed by atoms with E-state index in [1.54, 1.807) is 38.1 Å². The van der Waals surface area contributed by atoms with E-state index in [0.29, 0.717) is 16.4 Å². The van der Waals surface area contributed by atoms with Crippen molar-refractivity contribution in [1.82, 2.24) is 20.3 Å². The summed E-state index contributed by atoms with van der Waals surface area (Å²) in [5.41, 5.74) is 1.41. The molecule has 0 radical (unpaired) electrons. The fraction of sp³-hybridized carbons (Fsp3) is 0.308. The molecule has 7 heteroatoms. The number of nitrogens with one attached hydrogen (secondary N) is 1. The van der Waals surface area contributed by atoms with Gasteiger partial charge in [0.15, 0.2) is 5.69 Å². The van der Waals surface area contributed by atoms with E-state index < -0.39 is 0 Å². The number of hydrogen-bond donors (Lipinski definition) is 2. The fourth-order valence-electron chi connectivity index (χ4n) is 1.64. The van der Waals surface area contributed by atoms with E-state index in [1.807, 2.05) is 0 Å². The largest absolute Gasteiger partial charge is 0.394 e. The normalized spacial score (nSPS) is 12.2. The molecule has 0 saturated carbocycles.